The quantitative estimate of drug-likeness (QED) is 0.432. The van der Waals surface area contributed by atoms with Crippen LogP contribution in [-0.2, 0) is 11.3 Å². The van der Waals surface area contributed by atoms with Crippen LogP contribution in [0.5, 0.6) is 0 Å². The highest BCUT2D eigenvalue weighted by molar-refractivity contribution is 6.31. The van der Waals surface area contributed by atoms with Gasteiger partial charge in [-0.25, -0.2) is 9.97 Å². The van der Waals surface area contributed by atoms with Crippen LogP contribution in [0, 0.1) is 5.92 Å². The fourth-order valence-electron chi connectivity index (χ4n) is 3.97. The Bertz CT molecular complexity index is 1270. The molecule has 5 rings (SSSR count). The number of benzene rings is 2. The molecule has 31 heavy (non-hydrogen) atoms. The van der Waals surface area contributed by atoms with Crippen molar-refractivity contribution in [2.75, 3.05) is 23.3 Å². The molecule has 0 saturated carbocycles. The predicted molar refractivity (Wildman–Crippen MR) is 121 cm³/mol. The molecule has 3 N–H and O–H groups in total. The lowest BCUT2D eigenvalue weighted by Gasteiger charge is -2.30. The van der Waals surface area contributed by atoms with Crippen molar-refractivity contribution in [1.82, 2.24) is 19.9 Å². The van der Waals surface area contributed by atoms with E-state index in [1.54, 1.807) is 6.33 Å². The Morgan fingerprint density at radius 1 is 1.16 bits per heavy atom. The van der Waals surface area contributed by atoms with Crippen molar-refractivity contribution in [1.29, 1.82) is 0 Å². The van der Waals surface area contributed by atoms with Crippen LogP contribution in [0.4, 0.5) is 11.8 Å². The fraction of sp³-hybridized carbons (Fsp3) is 0.273. The Labute approximate surface area is 183 Å². The number of imidazole rings is 1. The van der Waals surface area contributed by atoms with E-state index in [0.717, 1.165) is 27.5 Å². The van der Waals surface area contributed by atoms with Gasteiger partial charge in [-0.2, -0.15) is 4.98 Å². The number of anilines is 2. The number of aromatic nitrogens is 4. The number of H-pyrrole nitrogens is 1. The number of hydrogen-bond donors (Lipinski definition) is 3. The maximum Gasteiger partial charge on any atom is 0.306 e. The number of aliphatic carboxylic acids is 1. The Morgan fingerprint density at radius 3 is 2.77 bits per heavy atom. The molecule has 8 nitrogen and oxygen atoms in total. The lowest BCUT2D eigenvalue weighted by Crippen LogP contribution is -2.37. The average molecular weight is 437 g/mol. The summed E-state index contributed by atoms with van der Waals surface area (Å²) in [4.78, 5) is 30.2. The molecule has 4 aromatic rings. The maximum atomic E-state index is 11.3. The fourth-order valence-corrected chi connectivity index (χ4v) is 4.14. The minimum Gasteiger partial charge on any atom is -0.481 e. The second-order valence-electron chi connectivity index (χ2n) is 7.74. The molecule has 3 heterocycles. The minimum absolute atomic E-state index is 0.300. The van der Waals surface area contributed by atoms with E-state index in [1.807, 2.05) is 30.3 Å². The Kier molecular flexibility index (Phi) is 5.07. The van der Waals surface area contributed by atoms with Gasteiger partial charge in [-0.05, 0) is 48.7 Å². The number of hydrogen-bond acceptors (Lipinski definition) is 6. The molecule has 1 saturated heterocycles. The second kappa shape index (κ2) is 8.03. The number of aromatic amines is 1. The van der Waals surface area contributed by atoms with Crippen LogP contribution in [-0.4, -0.2) is 44.1 Å². The molecular weight excluding hydrogens is 416 g/mol. The SMILES string of the molecule is O=C(O)C1CCN(c2nc(NCc3ccc4nc[nH]c4c3)c3cc(Cl)ccc3n2)CC1. The molecule has 0 unspecified atom stereocenters. The van der Waals surface area contributed by atoms with E-state index in [2.05, 4.69) is 26.3 Å². The molecule has 2 aromatic heterocycles. The zero-order chi connectivity index (χ0) is 21.4. The summed E-state index contributed by atoms with van der Waals surface area (Å²) in [5.41, 5.74) is 3.79. The molecule has 0 spiro atoms. The van der Waals surface area contributed by atoms with Crippen LogP contribution < -0.4 is 10.2 Å². The number of nitrogens with one attached hydrogen (secondary N) is 2. The number of carboxylic acids is 1. The smallest absolute Gasteiger partial charge is 0.306 e. The third kappa shape index (κ3) is 3.98. The van der Waals surface area contributed by atoms with Crippen LogP contribution in [0.25, 0.3) is 21.9 Å². The van der Waals surface area contributed by atoms with Crippen LogP contribution in [0.3, 0.4) is 0 Å². The lowest BCUT2D eigenvalue weighted by molar-refractivity contribution is -0.142. The summed E-state index contributed by atoms with van der Waals surface area (Å²) in [6.45, 7) is 1.81. The first-order valence-corrected chi connectivity index (χ1v) is 10.6. The first kappa shape index (κ1) is 19.6. The van der Waals surface area contributed by atoms with E-state index >= 15 is 0 Å². The molecule has 0 atom stereocenters. The predicted octanol–water partition coefficient (Wildman–Crippen LogP) is 4.07. The van der Waals surface area contributed by atoms with Crippen molar-refractivity contribution in [3.8, 4) is 0 Å². The third-order valence-electron chi connectivity index (χ3n) is 5.72. The number of rotatable bonds is 5. The molecule has 1 aliphatic heterocycles. The topological polar surface area (TPSA) is 107 Å². The van der Waals surface area contributed by atoms with Gasteiger partial charge in [-0.15, -0.1) is 0 Å². The van der Waals surface area contributed by atoms with Crippen molar-refractivity contribution in [3.63, 3.8) is 0 Å². The largest absolute Gasteiger partial charge is 0.481 e. The molecule has 0 amide bonds. The molecular formula is C22H21ClN6O2. The monoisotopic (exact) mass is 436 g/mol. The van der Waals surface area contributed by atoms with Gasteiger partial charge < -0.3 is 20.3 Å². The number of halogens is 1. The van der Waals surface area contributed by atoms with Gasteiger partial charge in [0.1, 0.15) is 5.82 Å². The first-order valence-electron chi connectivity index (χ1n) is 10.2. The van der Waals surface area contributed by atoms with E-state index in [-0.39, 0.29) is 5.92 Å². The molecule has 0 bridgehead atoms. The highest BCUT2D eigenvalue weighted by atomic mass is 35.5. The van der Waals surface area contributed by atoms with Gasteiger partial charge in [0.05, 0.1) is 28.8 Å². The maximum absolute atomic E-state index is 11.3. The highest BCUT2D eigenvalue weighted by Crippen LogP contribution is 2.29. The van der Waals surface area contributed by atoms with Gasteiger partial charge in [0.15, 0.2) is 0 Å². The average Bonchev–Trinajstić information content (AvgIpc) is 3.25. The van der Waals surface area contributed by atoms with E-state index < -0.39 is 5.97 Å². The van der Waals surface area contributed by atoms with Crippen molar-refractivity contribution in [2.24, 2.45) is 5.92 Å². The molecule has 2 aromatic carbocycles. The normalized spacial score (nSPS) is 14.9. The molecule has 0 radical (unpaired) electrons. The number of fused-ring (bicyclic) bond motifs is 2. The summed E-state index contributed by atoms with van der Waals surface area (Å²) >= 11 is 6.23. The summed E-state index contributed by atoms with van der Waals surface area (Å²) in [7, 11) is 0. The van der Waals surface area contributed by atoms with Crippen molar-refractivity contribution >= 4 is 51.3 Å². The summed E-state index contributed by atoms with van der Waals surface area (Å²) in [5.74, 6) is 0.272. The Balaban J connectivity index is 1.44. The number of nitrogens with zero attached hydrogens (tertiary/aromatic N) is 4. The van der Waals surface area contributed by atoms with Crippen LogP contribution in [0.15, 0.2) is 42.7 Å². The summed E-state index contributed by atoms with van der Waals surface area (Å²) in [6, 6.07) is 11.6. The zero-order valence-corrected chi connectivity index (χ0v) is 17.4. The molecule has 9 heteroatoms. The van der Waals surface area contributed by atoms with Gasteiger partial charge >= 0.3 is 5.97 Å². The van der Waals surface area contributed by atoms with Crippen LogP contribution >= 0.6 is 11.6 Å². The van der Waals surface area contributed by atoms with Gasteiger partial charge in [0, 0.05) is 30.0 Å². The second-order valence-corrected chi connectivity index (χ2v) is 8.18. The minimum atomic E-state index is -0.731. The lowest BCUT2D eigenvalue weighted by atomic mass is 9.97. The van der Waals surface area contributed by atoms with Gasteiger partial charge in [0.2, 0.25) is 5.95 Å². The zero-order valence-electron chi connectivity index (χ0n) is 16.7. The Hall–Kier alpha value is -3.39. The Morgan fingerprint density at radius 2 is 1.97 bits per heavy atom. The van der Waals surface area contributed by atoms with E-state index in [4.69, 9.17) is 21.6 Å². The standard InChI is InChI=1S/C22H21ClN6O2/c23-15-2-4-17-16(10-15)20(24-11-13-1-3-18-19(9-13)26-12-25-18)28-22(27-17)29-7-5-14(6-8-29)21(30)31/h1-4,9-10,12,14H,5-8,11H2,(H,25,26)(H,30,31)(H,24,27,28). The third-order valence-corrected chi connectivity index (χ3v) is 5.95. The van der Waals surface area contributed by atoms with Crippen molar-refractivity contribution < 1.29 is 9.90 Å². The number of piperidine rings is 1. The summed E-state index contributed by atoms with van der Waals surface area (Å²) < 4.78 is 0. The van der Waals surface area contributed by atoms with Gasteiger partial charge in [0.25, 0.3) is 0 Å². The van der Waals surface area contributed by atoms with Crippen LogP contribution in [0.1, 0.15) is 18.4 Å². The van der Waals surface area contributed by atoms with E-state index in [0.29, 0.717) is 49.3 Å². The van der Waals surface area contributed by atoms with Crippen molar-refractivity contribution in [3.05, 3.63) is 53.3 Å². The number of carboxylic acid groups (broad SMARTS) is 1. The van der Waals surface area contributed by atoms with E-state index in [9.17, 15) is 9.90 Å². The number of carbonyl (C=O) groups is 1. The van der Waals surface area contributed by atoms with Crippen LogP contribution in [0.2, 0.25) is 5.02 Å². The first-order chi connectivity index (χ1) is 15.1. The molecule has 0 aliphatic carbocycles. The van der Waals surface area contributed by atoms with Gasteiger partial charge in [-0.1, -0.05) is 17.7 Å². The van der Waals surface area contributed by atoms with E-state index in [1.165, 1.54) is 0 Å². The van der Waals surface area contributed by atoms with Crippen molar-refractivity contribution in [2.45, 2.75) is 19.4 Å². The summed E-state index contributed by atoms with van der Waals surface area (Å²) in [5, 5.41) is 14.2. The van der Waals surface area contributed by atoms with Gasteiger partial charge in [-0.3, -0.25) is 4.79 Å². The summed E-state index contributed by atoms with van der Waals surface area (Å²) in [6.07, 6.45) is 2.86. The molecule has 1 aliphatic rings. The molecule has 158 valence electrons. The molecule has 1 fully saturated rings. The highest BCUT2D eigenvalue weighted by Gasteiger charge is 2.26.